The second-order valence-electron chi connectivity index (χ2n) is 4.52. The fourth-order valence-electron chi connectivity index (χ4n) is 2.33. The Morgan fingerprint density at radius 1 is 1.50 bits per heavy atom. The van der Waals surface area contributed by atoms with Crippen LogP contribution < -0.4 is 11.1 Å². The monoisotopic (exact) mass is 268 g/mol. The summed E-state index contributed by atoms with van der Waals surface area (Å²) in [5.74, 6) is -0.912. The molecule has 0 bridgehead atoms. The van der Waals surface area contributed by atoms with E-state index in [1.165, 1.54) is 12.1 Å². The minimum absolute atomic E-state index is 0.0657. The molecule has 2 unspecified atom stereocenters. The van der Waals surface area contributed by atoms with E-state index < -0.39 is 5.82 Å². The van der Waals surface area contributed by atoms with E-state index in [2.05, 4.69) is 5.32 Å². The van der Waals surface area contributed by atoms with Gasteiger partial charge >= 0.3 is 0 Å². The Labute approximate surface area is 110 Å². The molecule has 0 saturated heterocycles. The Bertz CT molecular complexity index is 453. The molecule has 3 N–H and O–H groups in total. The number of benzene rings is 1. The molecule has 1 aliphatic carbocycles. The smallest absolute Gasteiger partial charge is 0.254 e. The average Bonchev–Trinajstić information content (AvgIpc) is 2.76. The van der Waals surface area contributed by atoms with Gasteiger partial charge in [-0.15, -0.1) is 0 Å². The van der Waals surface area contributed by atoms with E-state index in [0.29, 0.717) is 10.9 Å². The van der Waals surface area contributed by atoms with Crippen molar-refractivity contribution in [1.29, 1.82) is 0 Å². The Kier molecular flexibility index (Phi) is 4.11. The third-order valence-electron chi connectivity index (χ3n) is 3.31. The van der Waals surface area contributed by atoms with Crippen LogP contribution in [0.5, 0.6) is 0 Å². The molecule has 1 aromatic carbocycles. The molecule has 1 aliphatic rings. The highest BCUT2D eigenvalue weighted by Crippen LogP contribution is 2.28. The molecule has 0 aromatic heterocycles. The number of halogens is 1. The van der Waals surface area contributed by atoms with Gasteiger partial charge in [0, 0.05) is 17.0 Å². The van der Waals surface area contributed by atoms with Gasteiger partial charge in [-0.1, -0.05) is 6.42 Å². The third kappa shape index (κ3) is 2.77. The third-order valence-corrected chi connectivity index (χ3v) is 4.48. The van der Waals surface area contributed by atoms with Crippen molar-refractivity contribution in [3.05, 3.63) is 29.6 Å². The van der Waals surface area contributed by atoms with Crippen LogP contribution in [0.3, 0.4) is 0 Å². The zero-order chi connectivity index (χ0) is 13.1. The van der Waals surface area contributed by atoms with Crippen LogP contribution >= 0.6 is 11.8 Å². The van der Waals surface area contributed by atoms with Gasteiger partial charge in [-0.05, 0) is 37.3 Å². The summed E-state index contributed by atoms with van der Waals surface area (Å²) in [5.41, 5.74) is 5.85. The second kappa shape index (κ2) is 5.61. The van der Waals surface area contributed by atoms with Crippen molar-refractivity contribution in [2.45, 2.75) is 30.6 Å². The number of hydrogen-bond acceptors (Lipinski definition) is 3. The summed E-state index contributed by atoms with van der Waals surface area (Å²) in [6, 6.07) is 4.29. The number of nitrogen functional groups attached to an aromatic ring is 1. The SMILES string of the molecule is CSC1CCCC1NC(=O)c1ccc(N)cc1F. The van der Waals surface area contributed by atoms with Gasteiger partial charge < -0.3 is 11.1 Å². The Morgan fingerprint density at radius 2 is 2.28 bits per heavy atom. The quantitative estimate of drug-likeness (QED) is 0.828. The van der Waals surface area contributed by atoms with Crippen molar-refractivity contribution in [3.8, 4) is 0 Å². The highest BCUT2D eigenvalue weighted by Gasteiger charge is 2.28. The van der Waals surface area contributed by atoms with Gasteiger partial charge in [0.25, 0.3) is 5.91 Å². The molecular formula is C13H17FN2OS. The van der Waals surface area contributed by atoms with E-state index in [1.54, 1.807) is 17.8 Å². The molecule has 98 valence electrons. The molecule has 3 nitrogen and oxygen atoms in total. The van der Waals surface area contributed by atoms with E-state index in [9.17, 15) is 9.18 Å². The van der Waals surface area contributed by atoms with Crippen molar-refractivity contribution >= 4 is 23.4 Å². The highest BCUT2D eigenvalue weighted by atomic mass is 32.2. The van der Waals surface area contributed by atoms with Crippen LogP contribution in [-0.4, -0.2) is 23.5 Å². The first-order chi connectivity index (χ1) is 8.61. The van der Waals surface area contributed by atoms with Gasteiger partial charge in [0.2, 0.25) is 0 Å². The number of rotatable bonds is 3. The van der Waals surface area contributed by atoms with E-state index >= 15 is 0 Å². The molecule has 2 rings (SSSR count). The van der Waals surface area contributed by atoms with Crippen LogP contribution in [0.15, 0.2) is 18.2 Å². The Morgan fingerprint density at radius 3 is 2.94 bits per heavy atom. The van der Waals surface area contributed by atoms with E-state index in [-0.39, 0.29) is 17.5 Å². The topological polar surface area (TPSA) is 55.1 Å². The minimum atomic E-state index is -0.564. The van der Waals surface area contributed by atoms with E-state index in [1.807, 2.05) is 6.26 Å². The molecule has 0 heterocycles. The standard InChI is InChI=1S/C13H17FN2OS/c1-18-12-4-2-3-11(12)16-13(17)9-6-5-8(15)7-10(9)14/h5-7,11-12H,2-4,15H2,1H3,(H,16,17). The molecule has 0 spiro atoms. The second-order valence-corrected chi connectivity index (χ2v) is 5.60. The number of carbonyl (C=O) groups excluding carboxylic acids is 1. The van der Waals surface area contributed by atoms with Gasteiger partial charge in [-0.3, -0.25) is 4.79 Å². The van der Waals surface area contributed by atoms with Gasteiger partial charge in [0.1, 0.15) is 5.82 Å². The Hall–Kier alpha value is -1.23. The maximum atomic E-state index is 13.6. The minimum Gasteiger partial charge on any atom is -0.399 e. The number of nitrogens with two attached hydrogens (primary N) is 1. The fraction of sp³-hybridized carbons (Fsp3) is 0.462. The number of thioether (sulfide) groups is 1. The molecule has 5 heteroatoms. The summed E-state index contributed by atoms with van der Waals surface area (Å²) in [5, 5.41) is 3.35. The first-order valence-electron chi connectivity index (χ1n) is 6.00. The van der Waals surface area contributed by atoms with Crippen LogP contribution in [-0.2, 0) is 0 Å². The van der Waals surface area contributed by atoms with Crippen LogP contribution in [0.25, 0.3) is 0 Å². The normalized spacial score (nSPS) is 23.0. The highest BCUT2D eigenvalue weighted by molar-refractivity contribution is 7.99. The number of anilines is 1. The lowest BCUT2D eigenvalue weighted by Gasteiger charge is -2.19. The number of amides is 1. The molecule has 0 radical (unpaired) electrons. The first-order valence-corrected chi connectivity index (χ1v) is 7.29. The van der Waals surface area contributed by atoms with Gasteiger partial charge in [-0.2, -0.15) is 11.8 Å². The van der Waals surface area contributed by atoms with Crippen LogP contribution in [0.4, 0.5) is 10.1 Å². The summed E-state index contributed by atoms with van der Waals surface area (Å²) in [4.78, 5) is 12.0. The predicted molar refractivity (Wildman–Crippen MR) is 73.2 cm³/mol. The van der Waals surface area contributed by atoms with E-state index in [0.717, 1.165) is 19.3 Å². The Balaban J connectivity index is 2.07. The summed E-state index contributed by atoms with van der Waals surface area (Å²) in [6.07, 6.45) is 5.23. The number of hydrogen-bond donors (Lipinski definition) is 2. The van der Waals surface area contributed by atoms with Crippen LogP contribution in [0, 0.1) is 5.82 Å². The van der Waals surface area contributed by atoms with E-state index in [4.69, 9.17) is 5.73 Å². The molecule has 1 fully saturated rings. The largest absolute Gasteiger partial charge is 0.399 e. The summed E-state index contributed by atoms with van der Waals surface area (Å²) < 4.78 is 13.6. The molecule has 18 heavy (non-hydrogen) atoms. The lowest BCUT2D eigenvalue weighted by atomic mass is 10.1. The van der Waals surface area contributed by atoms with Crippen molar-refractivity contribution in [1.82, 2.24) is 5.32 Å². The average molecular weight is 268 g/mol. The molecule has 0 aliphatic heterocycles. The van der Waals surface area contributed by atoms with Gasteiger partial charge in [0.05, 0.1) is 5.56 Å². The lowest BCUT2D eigenvalue weighted by molar-refractivity contribution is 0.0934. The maximum absolute atomic E-state index is 13.6. The number of nitrogens with one attached hydrogen (secondary N) is 1. The number of carbonyl (C=O) groups is 1. The maximum Gasteiger partial charge on any atom is 0.254 e. The summed E-state index contributed by atoms with van der Waals surface area (Å²) >= 11 is 1.76. The summed E-state index contributed by atoms with van der Waals surface area (Å²) in [7, 11) is 0. The zero-order valence-electron chi connectivity index (χ0n) is 10.3. The first kappa shape index (κ1) is 13.2. The van der Waals surface area contributed by atoms with Crippen molar-refractivity contribution in [2.75, 3.05) is 12.0 Å². The zero-order valence-corrected chi connectivity index (χ0v) is 11.1. The molecule has 1 saturated carbocycles. The molecule has 1 amide bonds. The van der Waals surface area contributed by atoms with Gasteiger partial charge in [-0.25, -0.2) is 4.39 Å². The summed E-state index contributed by atoms with van der Waals surface area (Å²) in [6.45, 7) is 0. The molecular weight excluding hydrogens is 251 g/mol. The predicted octanol–water partition coefficient (Wildman–Crippen LogP) is 2.42. The van der Waals surface area contributed by atoms with Crippen molar-refractivity contribution < 1.29 is 9.18 Å². The fourth-order valence-corrected chi connectivity index (χ4v) is 3.27. The van der Waals surface area contributed by atoms with Crippen LogP contribution in [0.2, 0.25) is 0 Å². The lowest BCUT2D eigenvalue weighted by Crippen LogP contribution is -2.39. The van der Waals surface area contributed by atoms with Crippen LogP contribution in [0.1, 0.15) is 29.6 Å². The molecule has 2 atom stereocenters. The van der Waals surface area contributed by atoms with Crippen molar-refractivity contribution in [3.63, 3.8) is 0 Å². The molecule has 1 aromatic rings. The van der Waals surface area contributed by atoms with Gasteiger partial charge in [0.15, 0.2) is 0 Å². The van der Waals surface area contributed by atoms with Crippen molar-refractivity contribution in [2.24, 2.45) is 0 Å².